The van der Waals surface area contributed by atoms with Crippen LogP contribution in [0.15, 0.2) is 48.5 Å². The summed E-state index contributed by atoms with van der Waals surface area (Å²) in [5.41, 5.74) is 1.03. The summed E-state index contributed by atoms with van der Waals surface area (Å²) in [5, 5.41) is 5.22. The van der Waals surface area contributed by atoms with Gasteiger partial charge in [-0.3, -0.25) is 14.4 Å². The van der Waals surface area contributed by atoms with E-state index in [1.165, 1.54) is 6.92 Å². The van der Waals surface area contributed by atoms with Crippen molar-refractivity contribution in [2.45, 2.75) is 20.3 Å². The molecule has 2 amide bonds. The number of ether oxygens (including phenoxy) is 3. The highest BCUT2D eigenvalue weighted by molar-refractivity contribution is 5.94. The number of carbonyl (C=O) groups is 3. The Labute approximate surface area is 169 Å². The molecule has 0 saturated heterocycles. The van der Waals surface area contributed by atoms with Crippen LogP contribution in [-0.4, -0.2) is 37.6 Å². The molecule has 154 valence electrons. The lowest BCUT2D eigenvalue weighted by atomic mass is 10.2. The molecule has 0 fully saturated rings. The molecule has 0 aromatic heterocycles. The number of nitrogens with one attached hydrogen (secondary N) is 2. The Hall–Kier alpha value is -3.55. The van der Waals surface area contributed by atoms with Crippen LogP contribution in [0.4, 0.5) is 11.4 Å². The van der Waals surface area contributed by atoms with Crippen LogP contribution >= 0.6 is 0 Å². The number of carbonyl (C=O) groups excluding carboxylic acids is 3. The average Bonchev–Trinajstić information content (AvgIpc) is 2.68. The lowest BCUT2D eigenvalue weighted by molar-refractivity contribution is -0.147. The van der Waals surface area contributed by atoms with Crippen molar-refractivity contribution in [1.82, 2.24) is 0 Å². The molecule has 0 aliphatic carbocycles. The number of para-hydroxylation sites is 2. The second-order valence-electron chi connectivity index (χ2n) is 5.95. The van der Waals surface area contributed by atoms with Gasteiger partial charge in [0, 0.05) is 18.3 Å². The first kappa shape index (κ1) is 21.7. The van der Waals surface area contributed by atoms with Crippen molar-refractivity contribution in [3.8, 4) is 11.5 Å². The molecule has 0 heterocycles. The first-order chi connectivity index (χ1) is 14.0. The van der Waals surface area contributed by atoms with Crippen molar-refractivity contribution >= 4 is 29.2 Å². The topological polar surface area (TPSA) is 103 Å². The highest BCUT2D eigenvalue weighted by Gasteiger charge is 2.10. The molecule has 29 heavy (non-hydrogen) atoms. The van der Waals surface area contributed by atoms with E-state index in [0.717, 1.165) is 0 Å². The molecule has 0 saturated carbocycles. The van der Waals surface area contributed by atoms with Crippen LogP contribution in [-0.2, 0) is 19.1 Å². The zero-order valence-electron chi connectivity index (χ0n) is 16.4. The quantitative estimate of drug-likeness (QED) is 0.595. The molecule has 0 atom stereocenters. The average molecular weight is 400 g/mol. The summed E-state index contributed by atoms with van der Waals surface area (Å²) < 4.78 is 15.9. The summed E-state index contributed by atoms with van der Waals surface area (Å²) in [6, 6.07) is 13.8. The van der Waals surface area contributed by atoms with Gasteiger partial charge in [-0.25, -0.2) is 0 Å². The molecule has 0 spiro atoms. The summed E-state index contributed by atoms with van der Waals surface area (Å²) >= 11 is 0. The predicted molar refractivity (Wildman–Crippen MR) is 108 cm³/mol. The number of benzene rings is 2. The molecule has 8 heteroatoms. The zero-order valence-corrected chi connectivity index (χ0v) is 16.4. The summed E-state index contributed by atoms with van der Waals surface area (Å²) in [4.78, 5) is 34.8. The van der Waals surface area contributed by atoms with Gasteiger partial charge in [-0.1, -0.05) is 18.2 Å². The standard InChI is InChI=1S/C21H24N2O6/c1-3-27-18-9-4-5-10-19(18)28-12-11-21(26)29-14-20(25)23-17-8-6-7-16(13-17)22-15(2)24/h4-10,13H,3,11-12,14H2,1-2H3,(H,22,24)(H,23,25). The Morgan fingerprint density at radius 1 is 0.897 bits per heavy atom. The summed E-state index contributed by atoms with van der Waals surface area (Å²) in [5.74, 6) is -0.112. The normalized spacial score (nSPS) is 10.0. The van der Waals surface area contributed by atoms with Gasteiger partial charge in [-0.05, 0) is 37.3 Å². The highest BCUT2D eigenvalue weighted by atomic mass is 16.5. The minimum Gasteiger partial charge on any atom is -0.490 e. The highest BCUT2D eigenvalue weighted by Crippen LogP contribution is 2.26. The number of hydrogen-bond acceptors (Lipinski definition) is 6. The zero-order chi connectivity index (χ0) is 21.1. The Morgan fingerprint density at radius 3 is 2.21 bits per heavy atom. The van der Waals surface area contributed by atoms with Gasteiger partial charge in [-0.15, -0.1) is 0 Å². The smallest absolute Gasteiger partial charge is 0.309 e. The molecule has 0 unspecified atom stereocenters. The first-order valence-corrected chi connectivity index (χ1v) is 9.15. The van der Waals surface area contributed by atoms with Crippen molar-refractivity contribution in [1.29, 1.82) is 0 Å². The molecule has 2 N–H and O–H groups in total. The predicted octanol–water partition coefficient (Wildman–Crippen LogP) is 2.99. The van der Waals surface area contributed by atoms with E-state index < -0.39 is 18.5 Å². The Bertz CT molecular complexity index is 853. The third-order valence-corrected chi connectivity index (χ3v) is 3.54. The van der Waals surface area contributed by atoms with Gasteiger partial charge in [-0.2, -0.15) is 0 Å². The van der Waals surface area contributed by atoms with Crippen molar-refractivity contribution in [3.63, 3.8) is 0 Å². The fraction of sp³-hybridized carbons (Fsp3) is 0.286. The third kappa shape index (κ3) is 7.92. The van der Waals surface area contributed by atoms with E-state index in [1.807, 2.05) is 13.0 Å². The maximum atomic E-state index is 11.9. The molecule has 0 bridgehead atoms. The van der Waals surface area contributed by atoms with Crippen LogP contribution in [0.1, 0.15) is 20.3 Å². The molecular weight excluding hydrogens is 376 g/mol. The lowest BCUT2D eigenvalue weighted by Gasteiger charge is -2.11. The van der Waals surface area contributed by atoms with E-state index in [4.69, 9.17) is 14.2 Å². The molecule has 0 aliphatic rings. The second kappa shape index (κ2) is 11.3. The number of anilines is 2. The van der Waals surface area contributed by atoms with E-state index in [0.29, 0.717) is 29.5 Å². The van der Waals surface area contributed by atoms with Gasteiger partial charge in [0.15, 0.2) is 18.1 Å². The molecule has 2 aromatic rings. The number of amides is 2. The van der Waals surface area contributed by atoms with Crippen LogP contribution in [0.3, 0.4) is 0 Å². The van der Waals surface area contributed by atoms with Crippen LogP contribution in [0, 0.1) is 0 Å². The molecule has 8 nitrogen and oxygen atoms in total. The molecular formula is C21H24N2O6. The Kier molecular flexibility index (Phi) is 8.50. The second-order valence-corrected chi connectivity index (χ2v) is 5.95. The van der Waals surface area contributed by atoms with Gasteiger partial charge in [0.1, 0.15) is 0 Å². The minimum absolute atomic E-state index is 0.00818. The van der Waals surface area contributed by atoms with Crippen LogP contribution in [0.25, 0.3) is 0 Å². The van der Waals surface area contributed by atoms with Crippen LogP contribution in [0.5, 0.6) is 11.5 Å². The van der Waals surface area contributed by atoms with Gasteiger partial charge >= 0.3 is 5.97 Å². The maximum Gasteiger partial charge on any atom is 0.309 e. The third-order valence-electron chi connectivity index (χ3n) is 3.54. The summed E-state index contributed by atoms with van der Waals surface area (Å²) in [6.45, 7) is 3.45. The molecule has 2 aromatic carbocycles. The van der Waals surface area contributed by atoms with E-state index in [1.54, 1.807) is 42.5 Å². The SMILES string of the molecule is CCOc1ccccc1OCCC(=O)OCC(=O)Nc1cccc(NC(C)=O)c1. The largest absolute Gasteiger partial charge is 0.490 e. The molecule has 0 aliphatic heterocycles. The minimum atomic E-state index is -0.555. The van der Waals surface area contributed by atoms with Crippen LogP contribution in [0.2, 0.25) is 0 Å². The molecule has 0 radical (unpaired) electrons. The summed E-state index contributed by atoms with van der Waals surface area (Å²) in [7, 11) is 0. The van der Waals surface area contributed by atoms with Gasteiger partial charge < -0.3 is 24.8 Å². The van der Waals surface area contributed by atoms with Crippen molar-refractivity contribution < 1.29 is 28.6 Å². The van der Waals surface area contributed by atoms with E-state index >= 15 is 0 Å². The van der Waals surface area contributed by atoms with Crippen molar-refractivity contribution in [2.24, 2.45) is 0 Å². The van der Waals surface area contributed by atoms with Crippen LogP contribution < -0.4 is 20.1 Å². The fourth-order valence-electron chi connectivity index (χ4n) is 2.38. The Morgan fingerprint density at radius 2 is 1.55 bits per heavy atom. The fourth-order valence-corrected chi connectivity index (χ4v) is 2.38. The van der Waals surface area contributed by atoms with E-state index in [-0.39, 0.29) is 18.9 Å². The van der Waals surface area contributed by atoms with Gasteiger partial charge in [0.05, 0.1) is 19.6 Å². The van der Waals surface area contributed by atoms with Gasteiger partial charge in [0.2, 0.25) is 5.91 Å². The Balaban J connectivity index is 1.72. The van der Waals surface area contributed by atoms with Crippen molar-refractivity contribution in [2.75, 3.05) is 30.5 Å². The monoisotopic (exact) mass is 400 g/mol. The number of esters is 1. The lowest BCUT2D eigenvalue weighted by Crippen LogP contribution is -2.21. The number of hydrogen-bond donors (Lipinski definition) is 2. The number of rotatable bonds is 10. The van der Waals surface area contributed by atoms with E-state index in [9.17, 15) is 14.4 Å². The van der Waals surface area contributed by atoms with Crippen molar-refractivity contribution in [3.05, 3.63) is 48.5 Å². The maximum absolute atomic E-state index is 11.9. The van der Waals surface area contributed by atoms with Gasteiger partial charge in [0.25, 0.3) is 5.91 Å². The first-order valence-electron chi connectivity index (χ1n) is 9.15. The molecule has 2 rings (SSSR count). The van der Waals surface area contributed by atoms with E-state index in [2.05, 4.69) is 10.6 Å². The summed E-state index contributed by atoms with van der Waals surface area (Å²) in [6.07, 6.45) is -0.00818.